The molecule has 5 nitrogen and oxygen atoms in total. The van der Waals surface area contributed by atoms with Gasteiger partial charge in [0.2, 0.25) is 5.91 Å². The van der Waals surface area contributed by atoms with Gasteiger partial charge in [-0.15, -0.1) is 0 Å². The van der Waals surface area contributed by atoms with Gasteiger partial charge >= 0.3 is 0 Å². The molecule has 0 spiro atoms. The fraction of sp³-hybridized carbons (Fsp3) is 0.278. The average Bonchev–Trinajstić information content (AvgIpc) is 2.55. The van der Waals surface area contributed by atoms with Crippen molar-refractivity contribution < 1.29 is 13.2 Å². The first-order valence-electron chi connectivity index (χ1n) is 7.67. The molecular weight excluding hydrogens is 324 g/mol. The molecular formula is C18H22N2O3S. The Labute approximate surface area is 142 Å². The molecule has 0 saturated heterocycles. The van der Waals surface area contributed by atoms with Gasteiger partial charge < -0.3 is 11.1 Å². The highest BCUT2D eigenvalue weighted by molar-refractivity contribution is 7.90. The first kappa shape index (κ1) is 18.2. The number of carbonyl (C=O) groups is 1. The molecule has 2 aromatic carbocycles. The van der Waals surface area contributed by atoms with Crippen LogP contribution < -0.4 is 11.1 Å². The predicted molar refractivity (Wildman–Crippen MR) is 94.2 cm³/mol. The fourth-order valence-electron chi connectivity index (χ4n) is 2.37. The summed E-state index contributed by atoms with van der Waals surface area (Å²) < 4.78 is 22.9. The number of nitrogens with one attached hydrogen (secondary N) is 1. The second kappa shape index (κ2) is 7.59. The van der Waals surface area contributed by atoms with E-state index in [0.717, 1.165) is 17.4 Å². The Hall–Kier alpha value is -2.18. The SMILES string of the molecule is CC(NC(=O)C(N)Cc1ccccc1)c1ccc(S(C)(=O)=O)cc1. The summed E-state index contributed by atoms with van der Waals surface area (Å²) >= 11 is 0. The fourth-order valence-corrected chi connectivity index (χ4v) is 3.00. The molecule has 0 aliphatic carbocycles. The zero-order valence-electron chi connectivity index (χ0n) is 13.8. The van der Waals surface area contributed by atoms with Gasteiger partial charge in [0.15, 0.2) is 9.84 Å². The molecule has 0 heterocycles. The summed E-state index contributed by atoms with van der Waals surface area (Å²) in [5.41, 5.74) is 7.79. The van der Waals surface area contributed by atoms with E-state index in [1.54, 1.807) is 12.1 Å². The maximum Gasteiger partial charge on any atom is 0.237 e. The molecule has 0 fully saturated rings. The Kier molecular flexibility index (Phi) is 5.75. The zero-order valence-corrected chi connectivity index (χ0v) is 14.6. The van der Waals surface area contributed by atoms with Crippen molar-refractivity contribution >= 4 is 15.7 Å². The van der Waals surface area contributed by atoms with Crippen molar-refractivity contribution in [2.75, 3.05) is 6.26 Å². The van der Waals surface area contributed by atoms with Crippen LogP contribution in [0.5, 0.6) is 0 Å². The van der Waals surface area contributed by atoms with Crippen molar-refractivity contribution in [2.24, 2.45) is 5.73 Å². The second-order valence-corrected chi connectivity index (χ2v) is 7.88. The van der Waals surface area contributed by atoms with E-state index in [0.29, 0.717) is 6.42 Å². The van der Waals surface area contributed by atoms with Gasteiger partial charge in [0, 0.05) is 6.26 Å². The van der Waals surface area contributed by atoms with Gasteiger partial charge in [-0.3, -0.25) is 4.79 Å². The summed E-state index contributed by atoms with van der Waals surface area (Å²) in [7, 11) is -3.22. The Morgan fingerprint density at radius 3 is 2.21 bits per heavy atom. The average molecular weight is 346 g/mol. The summed E-state index contributed by atoms with van der Waals surface area (Å²) in [6.07, 6.45) is 1.63. The van der Waals surface area contributed by atoms with E-state index in [1.165, 1.54) is 12.1 Å². The lowest BCUT2D eigenvalue weighted by molar-refractivity contribution is -0.123. The van der Waals surface area contributed by atoms with Crippen LogP contribution in [0.2, 0.25) is 0 Å². The molecule has 2 aromatic rings. The van der Waals surface area contributed by atoms with Gasteiger partial charge in [-0.25, -0.2) is 8.42 Å². The number of carbonyl (C=O) groups excluding carboxylic acids is 1. The van der Waals surface area contributed by atoms with Crippen molar-refractivity contribution in [3.63, 3.8) is 0 Å². The number of rotatable bonds is 6. The summed E-state index contributed by atoms with van der Waals surface area (Å²) in [5, 5.41) is 2.86. The number of sulfone groups is 1. The highest BCUT2D eigenvalue weighted by atomic mass is 32.2. The van der Waals surface area contributed by atoms with Crippen LogP contribution in [0.3, 0.4) is 0 Å². The van der Waals surface area contributed by atoms with Gasteiger partial charge in [-0.05, 0) is 36.6 Å². The van der Waals surface area contributed by atoms with Crippen LogP contribution in [0.1, 0.15) is 24.1 Å². The quantitative estimate of drug-likeness (QED) is 0.835. The molecule has 1 amide bonds. The Bertz CT molecular complexity index is 787. The smallest absolute Gasteiger partial charge is 0.237 e. The zero-order chi connectivity index (χ0) is 17.7. The van der Waals surface area contributed by atoms with Crippen LogP contribution in [0, 0.1) is 0 Å². The first-order valence-corrected chi connectivity index (χ1v) is 9.56. The molecule has 0 aromatic heterocycles. The largest absolute Gasteiger partial charge is 0.348 e. The second-order valence-electron chi connectivity index (χ2n) is 5.87. The van der Waals surface area contributed by atoms with Crippen LogP contribution in [0.25, 0.3) is 0 Å². The topological polar surface area (TPSA) is 89.3 Å². The van der Waals surface area contributed by atoms with E-state index >= 15 is 0 Å². The van der Waals surface area contributed by atoms with Crippen LogP contribution in [-0.4, -0.2) is 26.6 Å². The molecule has 6 heteroatoms. The van der Waals surface area contributed by atoms with Crippen molar-refractivity contribution in [2.45, 2.75) is 30.3 Å². The van der Waals surface area contributed by atoms with E-state index in [2.05, 4.69) is 5.32 Å². The molecule has 0 aliphatic rings. The Morgan fingerprint density at radius 1 is 1.08 bits per heavy atom. The lowest BCUT2D eigenvalue weighted by Crippen LogP contribution is -2.42. The molecule has 24 heavy (non-hydrogen) atoms. The normalized spacial score (nSPS) is 14.0. The third kappa shape index (κ3) is 4.91. The number of nitrogens with two attached hydrogens (primary N) is 1. The van der Waals surface area contributed by atoms with Gasteiger partial charge in [0.05, 0.1) is 17.0 Å². The lowest BCUT2D eigenvalue weighted by atomic mass is 10.0. The molecule has 0 bridgehead atoms. The third-order valence-electron chi connectivity index (χ3n) is 3.80. The summed E-state index contributed by atoms with van der Waals surface area (Å²) in [5.74, 6) is -0.237. The molecule has 0 aliphatic heterocycles. The van der Waals surface area contributed by atoms with Gasteiger partial charge in [-0.1, -0.05) is 42.5 Å². The van der Waals surface area contributed by atoms with Crippen LogP contribution >= 0.6 is 0 Å². The lowest BCUT2D eigenvalue weighted by Gasteiger charge is -2.18. The summed E-state index contributed by atoms with van der Waals surface area (Å²) in [4.78, 5) is 12.5. The van der Waals surface area contributed by atoms with Crippen LogP contribution in [-0.2, 0) is 21.1 Å². The minimum Gasteiger partial charge on any atom is -0.348 e. The van der Waals surface area contributed by atoms with E-state index in [1.807, 2.05) is 37.3 Å². The molecule has 0 saturated carbocycles. The number of hydrogen-bond donors (Lipinski definition) is 2. The van der Waals surface area contributed by atoms with Crippen LogP contribution in [0.4, 0.5) is 0 Å². The van der Waals surface area contributed by atoms with Crippen molar-refractivity contribution in [1.29, 1.82) is 0 Å². The first-order chi connectivity index (χ1) is 11.3. The van der Waals surface area contributed by atoms with Crippen molar-refractivity contribution in [3.8, 4) is 0 Å². The Balaban J connectivity index is 1.98. The van der Waals surface area contributed by atoms with E-state index in [9.17, 15) is 13.2 Å². The van der Waals surface area contributed by atoms with Gasteiger partial charge in [0.25, 0.3) is 0 Å². The standard InChI is InChI=1S/C18H22N2O3S/c1-13(15-8-10-16(11-9-15)24(2,22)23)20-18(21)17(19)12-14-6-4-3-5-7-14/h3-11,13,17H,12,19H2,1-2H3,(H,20,21). The van der Waals surface area contributed by atoms with Gasteiger partial charge in [0.1, 0.15) is 0 Å². The highest BCUT2D eigenvalue weighted by Gasteiger charge is 2.17. The molecule has 3 N–H and O–H groups in total. The van der Waals surface area contributed by atoms with E-state index in [4.69, 9.17) is 5.73 Å². The highest BCUT2D eigenvalue weighted by Crippen LogP contribution is 2.16. The van der Waals surface area contributed by atoms with E-state index in [-0.39, 0.29) is 16.8 Å². The maximum absolute atomic E-state index is 12.2. The summed E-state index contributed by atoms with van der Waals surface area (Å²) in [6.45, 7) is 1.84. The van der Waals surface area contributed by atoms with E-state index < -0.39 is 15.9 Å². The molecule has 2 unspecified atom stereocenters. The molecule has 2 rings (SSSR count). The van der Waals surface area contributed by atoms with Gasteiger partial charge in [-0.2, -0.15) is 0 Å². The summed E-state index contributed by atoms with van der Waals surface area (Å²) in [6, 6.07) is 15.2. The Morgan fingerprint density at radius 2 is 1.67 bits per heavy atom. The number of amides is 1. The monoisotopic (exact) mass is 346 g/mol. The molecule has 2 atom stereocenters. The van der Waals surface area contributed by atoms with Crippen molar-refractivity contribution in [1.82, 2.24) is 5.32 Å². The maximum atomic E-state index is 12.2. The predicted octanol–water partition coefficient (Wildman–Crippen LogP) is 1.84. The molecule has 128 valence electrons. The van der Waals surface area contributed by atoms with Crippen molar-refractivity contribution in [3.05, 3.63) is 65.7 Å². The number of benzene rings is 2. The number of hydrogen-bond acceptors (Lipinski definition) is 4. The minimum atomic E-state index is -3.22. The third-order valence-corrected chi connectivity index (χ3v) is 4.93. The molecule has 0 radical (unpaired) electrons. The van der Waals surface area contributed by atoms with Crippen LogP contribution in [0.15, 0.2) is 59.5 Å². The minimum absolute atomic E-state index is 0.237.